The van der Waals surface area contributed by atoms with E-state index in [0.717, 1.165) is 27.4 Å². The first-order valence-electron chi connectivity index (χ1n) is 9.56. The van der Waals surface area contributed by atoms with Crippen molar-refractivity contribution in [1.82, 2.24) is 15.0 Å². The zero-order valence-electron chi connectivity index (χ0n) is 17.1. The summed E-state index contributed by atoms with van der Waals surface area (Å²) in [6, 6.07) is 12.3. The highest BCUT2D eigenvalue weighted by atomic mass is 32.2. The highest BCUT2D eigenvalue weighted by Crippen LogP contribution is 2.31. The van der Waals surface area contributed by atoms with Crippen molar-refractivity contribution in [2.75, 3.05) is 12.8 Å². The summed E-state index contributed by atoms with van der Waals surface area (Å²) in [5, 5.41) is 8.29. The monoisotopic (exact) mass is 463 g/mol. The lowest BCUT2D eigenvalue weighted by Crippen LogP contribution is -2.33. The van der Waals surface area contributed by atoms with E-state index in [1.807, 2.05) is 27.6 Å². The molecule has 1 amide bonds. The SMILES string of the molecule is CC(C)c1ccc(-c2csc(C(NCCC(=O)NS(C)(=O)=O)c3cccs3)n2)cc1. The van der Waals surface area contributed by atoms with Crippen molar-refractivity contribution in [1.29, 1.82) is 0 Å². The van der Waals surface area contributed by atoms with E-state index in [9.17, 15) is 13.2 Å². The predicted molar refractivity (Wildman–Crippen MR) is 123 cm³/mol. The Hall–Kier alpha value is -2.07. The van der Waals surface area contributed by atoms with E-state index in [1.165, 1.54) is 5.56 Å². The van der Waals surface area contributed by atoms with Gasteiger partial charge in [0.25, 0.3) is 0 Å². The van der Waals surface area contributed by atoms with Gasteiger partial charge in [0.1, 0.15) is 5.01 Å². The van der Waals surface area contributed by atoms with Crippen LogP contribution in [0.25, 0.3) is 11.3 Å². The molecule has 0 aliphatic rings. The number of nitrogens with zero attached hydrogens (tertiary/aromatic N) is 1. The molecule has 0 radical (unpaired) electrons. The van der Waals surface area contributed by atoms with Crippen molar-refractivity contribution in [3.05, 3.63) is 62.6 Å². The Labute approximate surface area is 185 Å². The summed E-state index contributed by atoms with van der Waals surface area (Å²) in [4.78, 5) is 17.7. The summed E-state index contributed by atoms with van der Waals surface area (Å²) in [6.45, 7) is 4.68. The van der Waals surface area contributed by atoms with Gasteiger partial charge in [-0.1, -0.05) is 44.2 Å². The number of sulfonamides is 1. The molecule has 0 aliphatic carbocycles. The number of aromatic nitrogens is 1. The van der Waals surface area contributed by atoms with E-state index in [1.54, 1.807) is 22.7 Å². The second kappa shape index (κ2) is 9.82. The molecule has 30 heavy (non-hydrogen) atoms. The van der Waals surface area contributed by atoms with E-state index < -0.39 is 15.9 Å². The maximum atomic E-state index is 11.8. The number of nitrogens with one attached hydrogen (secondary N) is 2. The Morgan fingerprint density at radius 3 is 2.47 bits per heavy atom. The van der Waals surface area contributed by atoms with Crippen molar-refractivity contribution in [2.45, 2.75) is 32.2 Å². The van der Waals surface area contributed by atoms with Gasteiger partial charge < -0.3 is 5.32 Å². The molecule has 3 aromatic rings. The molecule has 1 atom stereocenters. The van der Waals surface area contributed by atoms with Crippen LogP contribution >= 0.6 is 22.7 Å². The number of thiophene rings is 1. The third kappa shape index (κ3) is 6.21. The second-order valence-corrected chi connectivity index (χ2v) is 10.9. The average Bonchev–Trinajstić information content (AvgIpc) is 3.36. The Bertz CT molecular complexity index is 1070. The molecule has 0 spiro atoms. The van der Waals surface area contributed by atoms with Crippen LogP contribution in [0.5, 0.6) is 0 Å². The molecule has 0 saturated heterocycles. The van der Waals surface area contributed by atoms with Gasteiger partial charge in [-0.15, -0.1) is 22.7 Å². The minimum absolute atomic E-state index is 0.0594. The molecule has 0 aliphatic heterocycles. The zero-order chi connectivity index (χ0) is 21.7. The number of carbonyl (C=O) groups excluding carboxylic acids is 1. The van der Waals surface area contributed by atoms with E-state index >= 15 is 0 Å². The van der Waals surface area contributed by atoms with E-state index in [2.05, 4.69) is 43.4 Å². The summed E-state index contributed by atoms with van der Waals surface area (Å²) < 4.78 is 24.4. The van der Waals surface area contributed by atoms with Crippen LogP contribution in [0, 0.1) is 0 Å². The molecule has 6 nitrogen and oxygen atoms in total. The van der Waals surface area contributed by atoms with Gasteiger partial charge in [0.15, 0.2) is 0 Å². The van der Waals surface area contributed by atoms with Crippen molar-refractivity contribution in [2.24, 2.45) is 0 Å². The minimum Gasteiger partial charge on any atom is -0.303 e. The van der Waals surface area contributed by atoms with Crippen LogP contribution in [-0.4, -0.2) is 32.1 Å². The molecular formula is C21H25N3O3S3. The lowest BCUT2D eigenvalue weighted by atomic mass is 10.0. The van der Waals surface area contributed by atoms with Crippen LogP contribution in [0.2, 0.25) is 0 Å². The molecule has 1 aromatic carbocycles. The molecule has 0 saturated carbocycles. The fourth-order valence-corrected chi connectivity index (χ4v) is 5.26. The lowest BCUT2D eigenvalue weighted by molar-refractivity contribution is -0.119. The molecule has 0 fully saturated rings. The summed E-state index contributed by atoms with van der Waals surface area (Å²) in [5.41, 5.74) is 3.28. The number of amides is 1. The second-order valence-electron chi connectivity index (χ2n) is 7.30. The van der Waals surface area contributed by atoms with Crippen molar-refractivity contribution < 1.29 is 13.2 Å². The fraction of sp³-hybridized carbons (Fsp3) is 0.333. The van der Waals surface area contributed by atoms with Crippen molar-refractivity contribution >= 4 is 38.6 Å². The molecule has 9 heteroatoms. The predicted octanol–water partition coefficient (Wildman–Crippen LogP) is 4.14. The highest BCUT2D eigenvalue weighted by molar-refractivity contribution is 7.89. The molecule has 160 valence electrons. The van der Waals surface area contributed by atoms with Crippen LogP contribution in [0.1, 0.15) is 47.7 Å². The van der Waals surface area contributed by atoms with Crippen molar-refractivity contribution in [3.63, 3.8) is 0 Å². The Balaban J connectivity index is 1.73. The first-order chi connectivity index (χ1) is 14.2. The number of hydrogen-bond acceptors (Lipinski definition) is 7. The van der Waals surface area contributed by atoms with Crippen molar-refractivity contribution in [3.8, 4) is 11.3 Å². The molecule has 2 heterocycles. The first kappa shape index (κ1) is 22.6. The standard InChI is InChI=1S/C21H25N3O3S3/c1-14(2)15-6-8-16(9-7-15)17-13-29-21(23-17)20(18-5-4-12-28-18)22-11-10-19(25)24-30(3,26)27/h4-9,12-14,20,22H,10-11H2,1-3H3,(H,24,25). The number of benzene rings is 1. The van der Waals surface area contributed by atoms with Crippen LogP contribution in [-0.2, 0) is 14.8 Å². The van der Waals surface area contributed by atoms with Gasteiger partial charge in [0.05, 0.1) is 18.0 Å². The summed E-state index contributed by atoms with van der Waals surface area (Å²) in [5.74, 6) is -0.0441. The molecular weight excluding hydrogens is 438 g/mol. The highest BCUT2D eigenvalue weighted by Gasteiger charge is 2.20. The van der Waals surface area contributed by atoms with Gasteiger partial charge in [-0.25, -0.2) is 13.4 Å². The first-order valence-corrected chi connectivity index (χ1v) is 13.2. The largest absolute Gasteiger partial charge is 0.303 e. The number of thiazole rings is 1. The quantitative estimate of drug-likeness (QED) is 0.498. The number of rotatable bonds is 9. The van der Waals surface area contributed by atoms with Gasteiger partial charge in [0.2, 0.25) is 15.9 Å². The Morgan fingerprint density at radius 2 is 1.87 bits per heavy atom. The lowest BCUT2D eigenvalue weighted by Gasteiger charge is -2.15. The number of hydrogen-bond donors (Lipinski definition) is 2. The summed E-state index contributed by atoms with van der Waals surface area (Å²) in [6.07, 6.45) is 1.03. The van der Waals surface area contributed by atoms with Gasteiger partial charge >= 0.3 is 0 Å². The van der Waals surface area contributed by atoms with Crippen LogP contribution < -0.4 is 10.0 Å². The van der Waals surface area contributed by atoms with Crippen LogP contribution in [0.15, 0.2) is 47.2 Å². The van der Waals surface area contributed by atoms with Gasteiger partial charge in [0, 0.05) is 28.8 Å². The molecule has 2 N–H and O–H groups in total. The molecule has 1 unspecified atom stereocenters. The van der Waals surface area contributed by atoms with E-state index in [-0.39, 0.29) is 12.5 Å². The Morgan fingerprint density at radius 1 is 1.13 bits per heavy atom. The van der Waals surface area contributed by atoms with E-state index in [0.29, 0.717) is 12.5 Å². The van der Waals surface area contributed by atoms with Crippen LogP contribution in [0.4, 0.5) is 0 Å². The summed E-state index contributed by atoms with van der Waals surface area (Å²) >= 11 is 3.18. The molecule has 3 rings (SSSR count). The smallest absolute Gasteiger partial charge is 0.234 e. The topological polar surface area (TPSA) is 88.2 Å². The number of carbonyl (C=O) groups is 1. The maximum Gasteiger partial charge on any atom is 0.234 e. The van der Waals surface area contributed by atoms with E-state index in [4.69, 9.17) is 4.98 Å². The summed E-state index contributed by atoms with van der Waals surface area (Å²) in [7, 11) is -3.54. The fourth-order valence-electron chi connectivity index (χ4n) is 2.94. The average molecular weight is 464 g/mol. The maximum absolute atomic E-state index is 11.8. The molecule has 0 bridgehead atoms. The normalized spacial score (nSPS) is 12.8. The third-order valence-electron chi connectivity index (χ3n) is 4.47. The van der Waals surface area contributed by atoms with Crippen LogP contribution in [0.3, 0.4) is 0 Å². The molecule has 2 aromatic heterocycles. The van der Waals surface area contributed by atoms with Gasteiger partial charge in [-0.2, -0.15) is 0 Å². The zero-order valence-corrected chi connectivity index (χ0v) is 19.5. The third-order valence-corrected chi connectivity index (χ3v) is 6.91. The minimum atomic E-state index is -3.54. The Kier molecular flexibility index (Phi) is 7.41. The van der Waals surface area contributed by atoms with Gasteiger partial charge in [-0.3, -0.25) is 9.52 Å². The van der Waals surface area contributed by atoms with Gasteiger partial charge in [-0.05, 0) is 22.9 Å².